The average Bonchev–Trinajstić information content (AvgIpc) is 2.89. The minimum atomic E-state index is -0.925. The van der Waals surface area contributed by atoms with Crippen LogP contribution in [0.4, 0.5) is 4.79 Å². The van der Waals surface area contributed by atoms with Gasteiger partial charge < -0.3 is 9.84 Å². The lowest BCUT2D eigenvalue weighted by atomic mass is 10.0. The summed E-state index contributed by atoms with van der Waals surface area (Å²) in [7, 11) is 0. The molecule has 1 aliphatic rings. The molecule has 0 bridgehead atoms. The van der Waals surface area contributed by atoms with Gasteiger partial charge in [-0.3, -0.25) is 9.48 Å². The summed E-state index contributed by atoms with van der Waals surface area (Å²) in [5, 5.41) is 14.2. The number of thiol groups is 1. The van der Waals surface area contributed by atoms with Crippen LogP contribution in [-0.2, 0) is 11.3 Å². The van der Waals surface area contributed by atoms with Crippen LogP contribution in [0.1, 0.15) is 61.5 Å². The summed E-state index contributed by atoms with van der Waals surface area (Å²) in [6, 6.07) is 0. The van der Waals surface area contributed by atoms with Gasteiger partial charge in [0.1, 0.15) is 16.7 Å². The zero-order valence-corrected chi connectivity index (χ0v) is 16.2. The van der Waals surface area contributed by atoms with Crippen LogP contribution in [0.5, 0.6) is 0 Å². The third kappa shape index (κ3) is 4.02. The van der Waals surface area contributed by atoms with Crippen molar-refractivity contribution in [3.63, 3.8) is 0 Å². The number of allylic oxidation sites excluding steroid dienone is 1. The number of aromatic nitrogens is 2. The maximum Gasteiger partial charge on any atom is 0.418 e. The monoisotopic (exact) mass is 379 g/mol. The molecular formula is C18H25N3O4S. The molecule has 2 atom stereocenters. The van der Waals surface area contributed by atoms with Gasteiger partial charge in [-0.1, -0.05) is 12.7 Å². The second-order valence-electron chi connectivity index (χ2n) is 7.05. The van der Waals surface area contributed by atoms with E-state index in [-0.39, 0.29) is 12.2 Å². The molecule has 0 radical (unpaired) electrons. The zero-order valence-electron chi connectivity index (χ0n) is 15.3. The van der Waals surface area contributed by atoms with Gasteiger partial charge in [-0.15, -0.1) is 6.58 Å². The van der Waals surface area contributed by atoms with E-state index in [1.54, 1.807) is 26.8 Å². The van der Waals surface area contributed by atoms with Crippen LogP contribution >= 0.6 is 12.6 Å². The number of ether oxygens (including phenoxy) is 1. The molecule has 1 aliphatic heterocycles. The number of rotatable bonds is 5. The highest BCUT2D eigenvalue weighted by atomic mass is 32.1. The van der Waals surface area contributed by atoms with Crippen molar-refractivity contribution in [3.05, 3.63) is 36.2 Å². The second-order valence-corrected chi connectivity index (χ2v) is 7.65. The Morgan fingerprint density at radius 2 is 2.15 bits per heavy atom. The topological polar surface area (TPSA) is 84.7 Å². The first-order valence-electron chi connectivity index (χ1n) is 8.37. The molecule has 2 unspecified atom stereocenters. The first-order valence-corrected chi connectivity index (χ1v) is 8.89. The molecule has 142 valence electrons. The molecule has 0 aromatic carbocycles. The number of carbonyl (C=O) groups is 2. The van der Waals surface area contributed by atoms with Crippen molar-refractivity contribution >= 4 is 30.7 Å². The van der Waals surface area contributed by atoms with Crippen LogP contribution < -0.4 is 0 Å². The van der Waals surface area contributed by atoms with E-state index in [1.165, 1.54) is 10.8 Å². The number of nitrogens with zero attached hydrogens (tertiary/aromatic N) is 3. The third-order valence-electron chi connectivity index (χ3n) is 3.83. The molecular weight excluding hydrogens is 354 g/mol. The van der Waals surface area contributed by atoms with Crippen LogP contribution in [0.15, 0.2) is 19.2 Å². The highest BCUT2D eigenvalue weighted by molar-refractivity contribution is 7.80. The van der Waals surface area contributed by atoms with E-state index >= 15 is 0 Å². The van der Waals surface area contributed by atoms with E-state index in [9.17, 15) is 14.7 Å². The average molecular weight is 379 g/mol. The minimum absolute atomic E-state index is 0.160. The number of hydrogen-bond donors (Lipinski definition) is 2. The maximum absolute atomic E-state index is 13.0. The summed E-state index contributed by atoms with van der Waals surface area (Å²) < 4.78 is 6.79. The van der Waals surface area contributed by atoms with Crippen LogP contribution in [-0.4, -0.2) is 42.8 Å². The van der Waals surface area contributed by atoms with Crippen molar-refractivity contribution in [3.8, 4) is 0 Å². The van der Waals surface area contributed by atoms with Crippen molar-refractivity contribution in [2.24, 2.45) is 0 Å². The van der Waals surface area contributed by atoms with E-state index in [0.29, 0.717) is 24.1 Å². The van der Waals surface area contributed by atoms with Gasteiger partial charge in [0.25, 0.3) is 5.91 Å². The summed E-state index contributed by atoms with van der Waals surface area (Å²) in [5.41, 5.74) is 0.186. The molecule has 2 amide bonds. The van der Waals surface area contributed by atoms with E-state index in [4.69, 9.17) is 4.74 Å². The molecule has 8 heteroatoms. The Morgan fingerprint density at radius 3 is 2.69 bits per heavy atom. The first-order chi connectivity index (χ1) is 12.1. The number of amides is 2. The summed E-state index contributed by atoms with van der Waals surface area (Å²) in [6.45, 7) is 12.7. The quantitative estimate of drug-likeness (QED) is 0.606. The number of imide groups is 1. The summed E-state index contributed by atoms with van der Waals surface area (Å²) in [6.07, 6.45) is 2.42. The molecule has 0 saturated carbocycles. The van der Waals surface area contributed by atoms with Crippen molar-refractivity contribution in [1.29, 1.82) is 0 Å². The zero-order chi connectivity index (χ0) is 19.6. The van der Waals surface area contributed by atoms with Crippen molar-refractivity contribution < 1.29 is 19.4 Å². The van der Waals surface area contributed by atoms with Gasteiger partial charge >= 0.3 is 6.09 Å². The molecule has 0 saturated heterocycles. The number of aliphatic hydroxyl groups is 1. The lowest BCUT2D eigenvalue weighted by molar-refractivity contribution is 0.0183. The Morgan fingerprint density at radius 1 is 1.50 bits per heavy atom. The van der Waals surface area contributed by atoms with Gasteiger partial charge in [-0.05, 0) is 39.7 Å². The van der Waals surface area contributed by atoms with Gasteiger partial charge in [0, 0.05) is 5.56 Å². The van der Waals surface area contributed by atoms with Crippen molar-refractivity contribution in [2.45, 2.75) is 57.2 Å². The van der Waals surface area contributed by atoms with Crippen LogP contribution in [0, 0.1) is 0 Å². The number of hydrogen-bond acceptors (Lipinski definition) is 6. The molecule has 0 fully saturated rings. The standard InChI is InChI=1S/C18H25N3O4S/c1-6-8-9-12(22)14-11(7-2)19-20-10-13(26)21(16(23)15(14)20)17(24)25-18(3,4)5/h6-7,12-13,22,26H,1-2,8-10H2,3-5H3. The molecule has 1 aromatic rings. The molecule has 0 spiro atoms. The fourth-order valence-corrected chi connectivity index (χ4v) is 3.11. The van der Waals surface area contributed by atoms with E-state index in [0.717, 1.165) is 4.90 Å². The number of carbonyl (C=O) groups excluding carboxylic acids is 2. The van der Waals surface area contributed by atoms with Crippen LogP contribution in [0.2, 0.25) is 0 Å². The van der Waals surface area contributed by atoms with Crippen LogP contribution in [0.3, 0.4) is 0 Å². The van der Waals surface area contributed by atoms with E-state index in [2.05, 4.69) is 30.9 Å². The molecule has 0 aliphatic carbocycles. The summed E-state index contributed by atoms with van der Waals surface area (Å²) in [4.78, 5) is 26.5. The Labute approximate surface area is 158 Å². The molecule has 2 heterocycles. The van der Waals surface area contributed by atoms with Crippen molar-refractivity contribution in [1.82, 2.24) is 14.7 Å². The molecule has 26 heavy (non-hydrogen) atoms. The van der Waals surface area contributed by atoms with Gasteiger partial charge in [0.15, 0.2) is 0 Å². The van der Waals surface area contributed by atoms with Gasteiger partial charge in [-0.25, -0.2) is 9.69 Å². The van der Waals surface area contributed by atoms with E-state index in [1.807, 2.05) is 0 Å². The number of aliphatic hydroxyl groups excluding tert-OH is 1. The Bertz CT molecular complexity index is 736. The third-order valence-corrected chi connectivity index (χ3v) is 4.23. The first kappa shape index (κ1) is 20.3. The number of fused-ring (bicyclic) bond motifs is 1. The fourth-order valence-electron chi connectivity index (χ4n) is 2.75. The van der Waals surface area contributed by atoms with Crippen LogP contribution in [0.25, 0.3) is 6.08 Å². The summed E-state index contributed by atoms with van der Waals surface area (Å²) in [5.74, 6) is -0.598. The maximum atomic E-state index is 13.0. The summed E-state index contributed by atoms with van der Waals surface area (Å²) >= 11 is 4.35. The van der Waals surface area contributed by atoms with Gasteiger partial charge in [0.05, 0.1) is 18.3 Å². The lowest BCUT2D eigenvalue weighted by Crippen LogP contribution is -2.50. The Balaban J connectivity index is 2.45. The van der Waals surface area contributed by atoms with E-state index < -0.39 is 29.1 Å². The second kappa shape index (κ2) is 7.67. The smallest absolute Gasteiger partial charge is 0.418 e. The largest absolute Gasteiger partial charge is 0.443 e. The SMILES string of the molecule is C=CCCC(O)c1c(C=C)nn2c1C(=O)N(C(=O)OC(C)(C)C)C(S)C2. The van der Waals surface area contributed by atoms with Crippen molar-refractivity contribution in [2.75, 3.05) is 0 Å². The van der Waals surface area contributed by atoms with Gasteiger partial charge in [0.2, 0.25) is 0 Å². The predicted octanol–water partition coefficient (Wildman–Crippen LogP) is 3.17. The fraction of sp³-hybridized carbons (Fsp3) is 0.500. The Hall–Kier alpha value is -2.06. The molecule has 7 nitrogen and oxygen atoms in total. The molecule has 1 aromatic heterocycles. The predicted molar refractivity (Wildman–Crippen MR) is 102 cm³/mol. The highest BCUT2D eigenvalue weighted by Crippen LogP contribution is 2.32. The normalized spacial score (nSPS) is 18.3. The molecule has 2 rings (SSSR count). The minimum Gasteiger partial charge on any atom is -0.443 e. The molecule has 1 N–H and O–H groups in total. The van der Waals surface area contributed by atoms with Gasteiger partial charge in [-0.2, -0.15) is 17.7 Å². The Kier molecular flexibility index (Phi) is 5.98. The highest BCUT2D eigenvalue weighted by Gasteiger charge is 2.41. The lowest BCUT2D eigenvalue weighted by Gasteiger charge is -2.33.